The second-order valence-electron chi connectivity index (χ2n) is 5.07. The molecule has 0 fully saturated rings. The first-order valence-electron chi connectivity index (χ1n) is 5.87. The van der Waals surface area contributed by atoms with Crippen molar-refractivity contribution in [2.45, 2.75) is 26.4 Å². The number of amides is 1. The summed E-state index contributed by atoms with van der Waals surface area (Å²) in [4.78, 5) is 24.2. The van der Waals surface area contributed by atoms with Crippen LogP contribution in [0.5, 0.6) is 5.75 Å². The van der Waals surface area contributed by atoms with Gasteiger partial charge in [0.2, 0.25) is 0 Å². The number of ether oxygens (including phenoxy) is 2. The highest BCUT2D eigenvalue weighted by molar-refractivity contribution is 5.94. The lowest BCUT2D eigenvalue weighted by Crippen LogP contribution is -2.35. The van der Waals surface area contributed by atoms with Crippen molar-refractivity contribution < 1.29 is 19.1 Å². The van der Waals surface area contributed by atoms with Gasteiger partial charge in [-0.15, -0.1) is 0 Å². The van der Waals surface area contributed by atoms with E-state index in [1.54, 1.807) is 45.0 Å². The average molecular weight is 261 g/mol. The Bertz CT molecular complexity index is 543. The number of rotatable bonds is 1. The Morgan fingerprint density at radius 3 is 2.63 bits per heavy atom. The second-order valence-corrected chi connectivity index (χ2v) is 5.07. The van der Waals surface area contributed by atoms with Gasteiger partial charge in [-0.2, -0.15) is 0 Å². The van der Waals surface area contributed by atoms with E-state index in [-0.39, 0.29) is 5.76 Å². The van der Waals surface area contributed by atoms with E-state index in [4.69, 9.17) is 9.47 Å². The molecular weight excluding hydrogens is 246 g/mol. The summed E-state index contributed by atoms with van der Waals surface area (Å²) >= 11 is 0. The second kappa shape index (κ2) is 4.76. The molecule has 0 aromatic heterocycles. The topological polar surface area (TPSA) is 55.8 Å². The summed E-state index contributed by atoms with van der Waals surface area (Å²) < 4.78 is 10.6. The van der Waals surface area contributed by atoms with Crippen LogP contribution in [0.25, 0.3) is 0 Å². The lowest BCUT2D eigenvalue weighted by Gasteiger charge is -2.28. The van der Waals surface area contributed by atoms with Gasteiger partial charge >= 0.3 is 6.09 Å². The van der Waals surface area contributed by atoms with E-state index < -0.39 is 11.7 Å². The number of benzene rings is 1. The molecule has 5 heteroatoms. The highest BCUT2D eigenvalue weighted by Gasteiger charge is 2.27. The normalized spacial score (nSPS) is 14.1. The van der Waals surface area contributed by atoms with E-state index >= 15 is 0 Å². The molecule has 2 rings (SSSR count). The molecule has 0 spiro atoms. The van der Waals surface area contributed by atoms with E-state index in [2.05, 4.69) is 0 Å². The number of carbonyl (C=O) groups is 2. The highest BCUT2D eigenvalue weighted by atomic mass is 16.6. The van der Waals surface area contributed by atoms with Gasteiger partial charge in [0.1, 0.15) is 5.60 Å². The number of anilines is 1. The van der Waals surface area contributed by atoms with Crippen molar-refractivity contribution in [1.82, 2.24) is 0 Å². The Hall–Kier alpha value is -2.30. The Balaban J connectivity index is 2.36. The molecule has 1 aliphatic heterocycles. The molecule has 0 saturated carbocycles. The molecule has 0 radical (unpaired) electrons. The van der Waals surface area contributed by atoms with E-state index in [0.29, 0.717) is 17.7 Å². The zero-order valence-electron chi connectivity index (χ0n) is 11.0. The Labute approximate surface area is 111 Å². The van der Waals surface area contributed by atoms with Crippen LogP contribution in [-0.2, 0) is 9.53 Å². The maximum atomic E-state index is 12.1. The van der Waals surface area contributed by atoms with Crippen molar-refractivity contribution in [2.75, 3.05) is 4.90 Å². The first-order chi connectivity index (χ1) is 8.90. The van der Waals surface area contributed by atoms with Crippen molar-refractivity contribution in [3.05, 3.63) is 36.2 Å². The molecule has 100 valence electrons. The van der Waals surface area contributed by atoms with Crippen LogP contribution >= 0.6 is 0 Å². The van der Waals surface area contributed by atoms with E-state index in [9.17, 15) is 9.59 Å². The lowest BCUT2D eigenvalue weighted by molar-refractivity contribution is -0.106. The summed E-state index contributed by atoms with van der Waals surface area (Å²) in [5.74, 6) is 0.502. The molecule has 1 amide bonds. The predicted molar refractivity (Wildman–Crippen MR) is 69.9 cm³/mol. The quantitative estimate of drug-likeness (QED) is 0.729. The summed E-state index contributed by atoms with van der Waals surface area (Å²) in [5, 5.41) is 0. The summed E-state index contributed by atoms with van der Waals surface area (Å²) in [6, 6.07) is 6.94. The molecule has 0 atom stereocenters. The minimum absolute atomic E-state index is 0.0598. The number of hydrogen-bond donors (Lipinski definition) is 0. The van der Waals surface area contributed by atoms with Gasteiger partial charge in [-0.1, -0.05) is 12.1 Å². The van der Waals surface area contributed by atoms with Crippen molar-refractivity contribution in [3.8, 4) is 5.75 Å². The van der Waals surface area contributed by atoms with Crippen LogP contribution < -0.4 is 9.64 Å². The smallest absolute Gasteiger partial charge is 0.419 e. The molecular formula is C14H15NO4. The molecule has 0 bridgehead atoms. The number of aldehydes is 1. The van der Waals surface area contributed by atoms with Crippen molar-refractivity contribution in [3.63, 3.8) is 0 Å². The molecule has 1 heterocycles. The Morgan fingerprint density at radius 1 is 1.32 bits per heavy atom. The summed E-state index contributed by atoms with van der Waals surface area (Å²) in [5.41, 5.74) is -0.0678. The van der Waals surface area contributed by atoms with Gasteiger partial charge in [0, 0.05) is 0 Å². The van der Waals surface area contributed by atoms with Crippen LogP contribution in [0.2, 0.25) is 0 Å². The maximum Gasteiger partial charge on any atom is 0.419 e. The standard InChI is InChI=1S/C14H15NO4/c1-14(2,3)19-13(17)15-8-10(9-16)18-12-7-5-4-6-11(12)15/h4-9H,1-3H3. The fourth-order valence-electron chi connectivity index (χ4n) is 1.61. The number of fused-ring (bicyclic) bond motifs is 1. The van der Waals surface area contributed by atoms with Gasteiger partial charge in [-0.25, -0.2) is 9.69 Å². The largest absolute Gasteiger partial charge is 0.450 e. The third kappa shape index (κ3) is 2.93. The van der Waals surface area contributed by atoms with Crippen LogP contribution in [-0.4, -0.2) is 18.0 Å². The average Bonchev–Trinajstić information content (AvgIpc) is 2.35. The van der Waals surface area contributed by atoms with E-state index in [1.807, 2.05) is 0 Å². The maximum absolute atomic E-state index is 12.1. The fourth-order valence-corrected chi connectivity index (χ4v) is 1.61. The van der Waals surface area contributed by atoms with Crippen molar-refractivity contribution in [2.24, 2.45) is 0 Å². The van der Waals surface area contributed by atoms with E-state index in [0.717, 1.165) is 0 Å². The third-order valence-corrected chi connectivity index (χ3v) is 2.32. The first-order valence-corrected chi connectivity index (χ1v) is 5.87. The van der Waals surface area contributed by atoms with Gasteiger partial charge in [-0.3, -0.25) is 4.79 Å². The minimum atomic E-state index is -0.612. The Kier molecular flexibility index (Phi) is 3.29. The highest BCUT2D eigenvalue weighted by Crippen LogP contribution is 2.34. The van der Waals surface area contributed by atoms with E-state index in [1.165, 1.54) is 11.1 Å². The Morgan fingerprint density at radius 2 is 2.00 bits per heavy atom. The van der Waals surface area contributed by atoms with Crippen molar-refractivity contribution in [1.29, 1.82) is 0 Å². The summed E-state index contributed by atoms with van der Waals surface area (Å²) in [7, 11) is 0. The number of allylic oxidation sites excluding steroid dienone is 1. The third-order valence-electron chi connectivity index (χ3n) is 2.32. The van der Waals surface area contributed by atoms with Crippen LogP contribution in [0.3, 0.4) is 0 Å². The molecule has 19 heavy (non-hydrogen) atoms. The molecule has 1 aromatic carbocycles. The molecule has 1 aromatic rings. The number of hydrogen-bond acceptors (Lipinski definition) is 4. The van der Waals surface area contributed by atoms with Crippen LogP contribution in [0.15, 0.2) is 36.2 Å². The van der Waals surface area contributed by atoms with Gasteiger partial charge < -0.3 is 9.47 Å². The van der Waals surface area contributed by atoms with Crippen LogP contribution in [0.4, 0.5) is 10.5 Å². The zero-order chi connectivity index (χ0) is 14.0. The molecule has 0 unspecified atom stereocenters. The minimum Gasteiger partial charge on any atom is -0.450 e. The summed E-state index contributed by atoms with van der Waals surface area (Å²) in [6.07, 6.45) is 1.32. The first kappa shape index (κ1) is 13.1. The molecule has 0 N–H and O–H groups in total. The van der Waals surface area contributed by atoms with Crippen LogP contribution in [0.1, 0.15) is 20.8 Å². The molecule has 0 aliphatic carbocycles. The summed E-state index contributed by atoms with van der Waals surface area (Å²) in [6.45, 7) is 5.34. The van der Waals surface area contributed by atoms with Gasteiger partial charge in [0.25, 0.3) is 0 Å². The molecule has 5 nitrogen and oxygen atoms in total. The van der Waals surface area contributed by atoms with Crippen molar-refractivity contribution >= 4 is 18.1 Å². The van der Waals surface area contributed by atoms with Gasteiger partial charge in [0.05, 0.1) is 11.9 Å². The monoisotopic (exact) mass is 261 g/mol. The predicted octanol–water partition coefficient (Wildman–Crippen LogP) is 2.86. The number of para-hydroxylation sites is 2. The number of carbonyl (C=O) groups excluding carboxylic acids is 2. The fraction of sp³-hybridized carbons (Fsp3) is 0.286. The molecule has 1 aliphatic rings. The zero-order valence-corrected chi connectivity index (χ0v) is 11.0. The van der Waals surface area contributed by atoms with Crippen LogP contribution in [0, 0.1) is 0 Å². The molecule has 0 saturated heterocycles. The van der Waals surface area contributed by atoms with Gasteiger partial charge in [-0.05, 0) is 32.9 Å². The lowest BCUT2D eigenvalue weighted by atomic mass is 10.2. The van der Waals surface area contributed by atoms with Gasteiger partial charge in [0.15, 0.2) is 17.8 Å². The SMILES string of the molecule is CC(C)(C)OC(=O)N1C=C(C=O)Oc2ccccc21. The number of nitrogens with zero attached hydrogens (tertiary/aromatic N) is 1.